The van der Waals surface area contributed by atoms with Gasteiger partial charge in [0.05, 0.1) is 12.6 Å². The van der Waals surface area contributed by atoms with Crippen LogP contribution in [0.5, 0.6) is 0 Å². The highest BCUT2D eigenvalue weighted by molar-refractivity contribution is 6.30. The Hall–Kier alpha value is -1.73. The Morgan fingerprint density at radius 1 is 1.32 bits per heavy atom. The normalized spacial score (nSPS) is 17.1. The average Bonchev–Trinajstić information content (AvgIpc) is 2.74. The summed E-state index contributed by atoms with van der Waals surface area (Å²) in [5, 5.41) is 16.1. The lowest BCUT2D eigenvalue weighted by Crippen LogP contribution is -2.49. The fourth-order valence-corrected chi connectivity index (χ4v) is 3.04. The molecule has 0 aromatic heterocycles. The van der Waals surface area contributed by atoms with E-state index in [9.17, 15) is 10.1 Å². The molecule has 22 heavy (non-hydrogen) atoms. The molecule has 0 spiro atoms. The largest absolute Gasteiger partial charge is 0.376 e. The first-order valence-corrected chi connectivity index (χ1v) is 8.15. The van der Waals surface area contributed by atoms with Crippen LogP contribution in [0.2, 0.25) is 5.02 Å². The number of nitrogens with zero attached hydrogens (tertiary/aromatic N) is 1. The highest BCUT2D eigenvalue weighted by atomic mass is 35.5. The summed E-state index contributed by atoms with van der Waals surface area (Å²) in [5.41, 5.74) is 1.18. The summed E-state index contributed by atoms with van der Waals surface area (Å²) < 4.78 is 0. The summed E-state index contributed by atoms with van der Waals surface area (Å²) in [6.45, 7) is 2.10. The number of hydrogen-bond donors (Lipinski definition) is 2. The van der Waals surface area contributed by atoms with Gasteiger partial charge in [-0.3, -0.25) is 4.79 Å². The van der Waals surface area contributed by atoms with Crippen molar-refractivity contribution < 1.29 is 4.79 Å². The topological polar surface area (TPSA) is 64.9 Å². The Labute approximate surface area is 136 Å². The van der Waals surface area contributed by atoms with Gasteiger partial charge in [-0.2, -0.15) is 5.26 Å². The fraction of sp³-hybridized carbons (Fsp3) is 0.529. The summed E-state index contributed by atoms with van der Waals surface area (Å²) in [5.74, 6) is -0.150. The van der Waals surface area contributed by atoms with Gasteiger partial charge in [0.15, 0.2) is 0 Å². The molecule has 1 aliphatic rings. The first-order valence-electron chi connectivity index (χ1n) is 7.77. The number of nitriles is 1. The molecule has 0 saturated heterocycles. The molecule has 1 fully saturated rings. The molecule has 0 bridgehead atoms. The van der Waals surface area contributed by atoms with Crippen LogP contribution in [0.1, 0.15) is 44.1 Å². The predicted octanol–water partition coefficient (Wildman–Crippen LogP) is 3.79. The second-order valence-corrected chi connectivity index (χ2v) is 6.41. The molecule has 0 atom stereocenters. The minimum atomic E-state index is -0.696. The number of nitrogens with one attached hydrogen (secondary N) is 2. The van der Waals surface area contributed by atoms with E-state index in [-0.39, 0.29) is 12.5 Å². The standard InChI is InChI=1S/C17H22ClN3O/c1-13-6-7-14(18)10-15(13)20-11-16(22)21-17(12-19)8-4-2-3-5-9-17/h6-7,10,20H,2-5,8-9,11H2,1H3,(H,21,22). The zero-order chi connectivity index (χ0) is 16.0. The van der Waals surface area contributed by atoms with E-state index in [0.717, 1.165) is 49.8 Å². The molecule has 0 radical (unpaired) electrons. The number of amides is 1. The van der Waals surface area contributed by atoms with Crippen LogP contribution in [-0.2, 0) is 4.79 Å². The second kappa shape index (κ2) is 7.51. The van der Waals surface area contributed by atoms with E-state index >= 15 is 0 Å². The molecular formula is C17H22ClN3O. The molecule has 4 nitrogen and oxygen atoms in total. The van der Waals surface area contributed by atoms with Gasteiger partial charge in [-0.25, -0.2) is 0 Å². The number of halogens is 1. The van der Waals surface area contributed by atoms with Crippen molar-refractivity contribution in [2.45, 2.75) is 51.0 Å². The van der Waals surface area contributed by atoms with Gasteiger partial charge in [-0.05, 0) is 37.5 Å². The summed E-state index contributed by atoms with van der Waals surface area (Å²) in [7, 11) is 0. The molecule has 2 N–H and O–H groups in total. The number of benzene rings is 1. The van der Waals surface area contributed by atoms with E-state index in [0.29, 0.717) is 5.02 Å². The minimum Gasteiger partial charge on any atom is -0.376 e. The molecule has 118 valence electrons. The number of rotatable bonds is 4. The third kappa shape index (κ3) is 4.38. The Morgan fingerprint density at radius 3 is 2.64 bits per heavy atom. The van der Waals surface area contributed by atoms with Gasteiger partial charge >= 0.3 is 0 Å². The van der Waals surface area contributed by atoms with Crippen molar-refractivity contribution in [3.63, 3.8) is 0 Å². The van der Waals surface area contributed by atoms with Gasteiger partial charge in [0.25, 0.3) is 0 Å². The lowest BCUT2D eigenvalue weighted by atomic mass is 9.92. The average molecular weight is 320 g/mol. The molecular weight excluding hydrogens is 298 g/mol. The maximum atomic E-state index is 12.2. The third-order valence-corrected chi connectivity index (χ3v) is 4.42. The second-order valence-electron chi connectivity index (χ2n) is 5.97. The molecule has 0 aliphatic heterocycles. The van der Waals surface area contributed by atoms with E-state index in [1.54, 1.807) is 6.07 Å². The predicted molar refractivity (Wildman–Crippen MR) is 88.9 cm³/mol. The van der Waals surface area contributed by atoms with Crippen LogP contribution < -0.4 is 10.6 Å². The Morgan fingerprint density at radius 2 is 2.00 bits per heavy atom. The van der Waals surface area contributed by atoms with E-state index in [1.165, 1.54) is 0 Å². The van der Waals surface area contributed by atoms with Crippen molar-refractivity contribution in [1.29, 1.82) is 5.26 Å². The minimum absolute atomic E-state index is 0.143. The zero-order valence-electron chi connectivity index (χ0n) is 12.9. The highest BCUT2D eigenvalue weighted by Crippen LogP contribution is 2.26. The molecule has 2 rings (SSSR count). The van der Waals surface area contributed by atoms with Crippen molar-refractivity contribution in [2.75, 3.05) is 11.9 Å². The summed E-state index contributed by atoms with van der Waals surface area (Å²) in [6, 6.07) is 7.85. The van der Waals surface area contributed by atoms with Crippen LogP contribution in [0.3, 0.4) is 0 Å². The monoisotopic (exact) mass is 319 g/mol. The number of carbonyl (C=O) groups is 1. The molecule has 1 amide bonds. The number of anilines is 1. The summed E-state index contributed by atoms with van der Waals surface area (Å²) >= 11 is 5.97. The van der Waals surface area contributed by atoms with Crippen LogP contribution in [0, 0.1) is 18.3 Å². The SMILES string of the molecule is Cc1ccc(Cl)cc1NCC(=O)NC1(C#N)CCCCCC1. The molecule has 0 heterocycles. The quantitative estimate of drug-likeness (QED) is 0.830. The zero-order valence-corrected chi connectivity index (χ0v) is 13.7. The van der Waals surface area contributed by atoms with Gasteiger partial charge < -0.3 is 10.6 Å². The third-order valence-electron chi connectivity index (χ3n) is 4.19. The van der Waals surface area contributed by atoms with Crippen LogP contribution in [0.15, 0.2) is 18.2 Å². The highest BCUT2D eigenvalue weighted by Gasteiger charge is 2.32. The first kappa shape index (κ1) is 16.6. The van der Waals surface area contributed by atoms with Gasteiger partial charge in [0, 0.05) is 10.7 Å². The fourth-order valence-electron chi connectivity index (χ4n) is 2.87. The first-order chi connectivity index (χ1) is 10.5. The van der Waals surface area contributed by atoms with E-state index in [2.05, 4.69) is 16.7 Å². The van der Waals surface area contributed by atoms with Gasteiger partial charge in [-0.15, -0.1) is 0 Å². The van der Waals surface area contributed by atoms with Crippen LogP contribution in [-0.4, -0.2) is 18.0 Å². The lowest BCUT2D eigenvalue weighted by Gasteiger charge is -2.26. The van der Waals surface area contributed by atoms with Gasteiger partial charge in [0.1, 0.15) is 5.54 Å². The number of hydrogen-bond acceptors (Lipinski definition) is 3. The molecule has 1 aliphatic carbocycles. The lowest BCUT2D eigenvalue weighted by molar-refractivity contribution is -0.120. The van der Waals surface area contributed by atoms with Crippen molar-refractivity contribution in [2.24, 2.45) is 0 Å². The van der Waals surface area contributed by atoms with Crippen LogP contribution >= 0.6 is 11.6 Å². The Balaban J connectivity index is 1.94. The van der Waals surface area contributed by atoms with E-state index in [4.69, 9.17) is 11.6 Å². The molecule has 1 aromatic rings. The maximum absolute atomic E-state index is 12.2. The van der Waals surface area contributed by atoms with Crippen LogP contribution in [0.4, 0.5) is 5.69 Å². The molecule has 1 aromatic carbocycles. The number of aryl methyl sites for hydroxylation is 1. The van der Waals surface area contributed by atoms with Crippen LogP contribution in [0.25, 0.3) is 0 Å². The van der Waals surface area contributed by atoms with Crippen molar-refractivity contribution >= 4 is 23.2 Å². The maximum Gasteiger partial charge on any atom is 0.240 e. The summed E-state index contributed by atoms with van der Waals surface area (Å²) in [4.78, 5) is 12.2. The van der Waals surface area contributed by atoms with Crippen molar-refractivity contribution in [3.8, 4) is 6.07 Å². The Kier molecular flexibility index (Phi) is 5.68. The van der Waals surface area contributed by atoms with Gasteiger partial charge in [0.2, 0.25) is 5.91 Å². The Bertz CT molecular complexity index is 572. The smallest absolute Gasteiger partial charge is 0.240 e. The van der Waals surface area contributed by atoms with E-state index < -0.39 is 5.54 Å². The molecule has 5 heteroatoms. The number of carbonyl (C=O) groups excluding carboxylic acids is 1. The van der Waals surface area contributed by atoms with Crippen molar-refractivity contribution in [3.05, 3.63) is 28.8 Å². The van der Waals surface area contributed by atoms with E-state index in [1.807, 2.05) is 19.1 Å². The van der Waals surface area contributed by atoms with Gasteiger partial charge in [-0.1, -0.05) is 43.4 Å². The van der Waals surface area contributed by atoms with Crippen molar-refractivity contribution in [1.82, 2.24) is 5.32 Å². The molecule has 1 saturated carbocycles. The molecule has 0 unspecified atom stereocenters. The summed E-state index contributed by atoms with van der Waals surface area (Å²) in [6.07, 6.45) is 5.75.